The van der Waals surface area contributed by atoms with Crippen LogP contribution in [0.2, 0.25) is 0 Å². The lowest BCUT2D eigenvalue weighted by Crippen LogP contribution is -2.60. The Kier molecular flexibility index (Phi) is 23.3. The van der Waals surface area contributed by atoms with Crippen LogP contribution in [0, 0.1) is 58.2 Å². The lowest BCUT2D eigenvalue weighted by molar-refractivity contribution is -0.199. The summed E-state index contributed by atoms with van der Waals surface area (Å²) in [6.45, 7) is 26.7. The zero-order valence-corrected chi connectivity index (χ0v) is 60.1. The fourth-order valence-electron chi connectivity index (χ4n) is 17.7. The van der Waals surface area contributed by atoms with E-state index in [0.717, 1.165) is 31.1 Å². The fraction of sp³-hybridized carbons (Fsp3) is 0.750. The smallest absolute Gasteiger partial charge is 0.344 e. The van der Waals surface area contributed by atoms with Crippen molar-refractivity contribution >= 4 is 88.2 Å². The third-order valence-corrected chi connectivity index (χ3v) is 29.6. The second kappa shape index (κ2) is 29.7. The Bertz CT molecular complexity index is 3720. The summed E-state index contributed by atoms with van der Waals surface area (Å²) in [5.74, 6) is -5.18. The van der Waals surface area contributed by atoms with E-state index in [2.05, 4.69) is 66.0 Å². The van der Waals surface area contributed by atoms with Gasteiger partial charge in [-0.2, -0.15) is 33.7 Å². The van der Waals surface area contributed by atoms with Crippen molar-refractivity contribution in [1.29, 1.82) is 0 Å². The lowest BCUT2D eigenvalue weighted by Gasteiger charge is -2.49. The molecule has 0 amide bonds. The third-order valence-electron chi connectivity index (χ3n) is 22.6. The largest absolute Gasteiger partial charge is 0.461 e. The first-order valence-corrected chi connectivity index (χ1v) is 38.6. The Balaban J connectivity index is 0.000000156. The molecule has 21 atom stereocenters. The third kappa shape index (κ3) is 15.0. The lowest BCUT2D eigenvalue weighted by atomic mass is 9.66. The van der Waals surface area contributed by atoms with Crippen LogP contribution in [0.1, 0.15) is 93.9 Å². The Labute approximate surface area is 580 Å². The average Bonchev–Trinajstić information content (AvgIpc) is 1.48. The molecular weight excluding hydrogens is 1410 g/mol. The molecule has 32 nitrogen and oxygen atoms in total. The van der Waals surface area contributed by atoms with E-state index in [1.807, 2.05) is 20.8 Å². The standard InChI is InChI=1S/C18H26O8S.C16H22O8S.2C15H20O8S/c1-6-13(19)24-10-14(20)23-7-8-25-18(5)16(3)9-12-15(11(16)2)17(18,4)26-27(12,21)22;1-4-11(17)23-8-12(18)21-5-6-22-14-9-7-10-13(16(9,2)3)15(14)24-25(10,19)20;1-8(2)15(17)22-7-12(16)20-3-4-21-13-9-5-10-11(6-9)24(18,19)23-14(10)13;1-3-12(16)21-8-13(17)20-4-5-22-15(2)9-6-10-11(7-9)24(18,19)23-14(10)15/h6,11-12,15H,1,7-10H2,2-5H3;4,9-10,13-15H,1,5-8H2,2-3H3;9-11,13-14H,1,3-7H2,2H3;3,9-11,14H,1,4-8H2,2H3. The van der Waals surface area contributed by atoms with E-state index >= 15 is 0 Å². The van der Waals surface area contributed by atoms with Gasteiger partial charge in [0.25, 0.3) is 40.5 Å². The molecule has 0 N–H and O–H groups in total. The van der Waals surface area contributed by atoms with Crippen LogP contribution in [0.5, 0.6) is 0 Å². The number of fused-ring (bicyclic) bond motifs is 4. The maximum absolute atomic E-state index is 12.4. The van der Waals surface area contributed by atoms with E-state index in [-0.39, 0.29) is 134 Å². The molecule has 36 heteroatoms. The number of rotatable bonds is 28. The van der Waals surface area contributed by atoms with Crippen LogP contribution in [0.15, 0.2) is 50.1 Å². The predicted octanol–water partition coefficient (Wildman–Crippen LogP) is 1.96. The van der Waals surface area contributed by atoms with Crippen molar-refractivity contribution in [2.24, 2.45) is 58.2 Å². The maximum atomic E-state index is 12.4. The van der Waals surface area contributed by atoms with Crippen molar-refractivity contribution in [2.75, 3.05) is 79.3 Å². The summed E-state index contributed by atoms with van der Waals surface area (Å²) >= 11 is 0. The van der Waals surface area contributed by atoms with Crippen molar-refractivity contribution in [2.45, 2.75) is 162 Å². The van der Waals surface area contributed by atoms with Gasteiger partial charge in [-0.15, -0.1) is 0 Å². The highest BCUT2D eigenvalue weighted by Gasteiger charge is 2.83. The minimum Gasteiger partial charge on any atom is -0.461 e. The minimum atomic E-state index is -3.62. The molecule has 0 radical (unpaired) electrons. The Morgan fingerprint density at radius 3 is 1.49 bits per heavy atom. The van der Waals surface area contributed by atoms with E-state index in [1.54, 1.807) is 6.92 Å². The van der Waals surface area contributed by atoms with Crippen molar-refractivity contribution < 1.29 is 146 Å². The molecule has 8 saturated carbocycles. The molecule has 0 aromatic rings. The average molecular weight is 1500 g/mol. The van der Waals surface area contributed by atoms with E-state index < -0.39 is 166 Å². The molecule has 0 aromatic heterocycles. The number of carbonyl (C=O) groups excluding carboxylic acids is 8. The number of hydrogen-bond acceptors (Lipinski definition) is 32. The molecule has 0 aromatic carbocycles. The quantitative estimate of drug-likeness (QED) is 0.0355. The fourth-order valence-corrected chi connectivity index (χ4v) is 25.8. The molecule has 0 spiro atoms. The highest BCUT2D eigenvalue weighted by Crippen LogP contribution is 2.74. The Morgan fingerprint density at radius 1 is 0.490 bits per heavy atom. The summed E-state index contributed by atoms with van der Waals surface area (Å²) in [6.07, 6.45) is 4.66. The molecule has 12 aliphatic rings. The SMILES string of the molecule is C=C(C)C(=O)OCC(=O)OCCOC1C2CC3C1OS(=O)(=O)C3C2.C=CC(=O)OCC(=O)OCCOC1(C)C2(C)CC3C(C2C)C1(C)OS3(=O)=O.C=CC(=O)OCC(=O)OCCOC1(C)C2CC3C1OS(=O)(=O)C3C2.C=CC(=O)OCC(=O)OCCOC1C2OS(=O)(=O)C3CC1C(C)(C)C23. The van der Waals surface area contributed by atoms with Crippen LogP contribution in [0.4, 0.5) is 0 Å². The molecule has 4 saturated heterocycles. The van der Waals surface area contributed by atoms with Gasteiger partial charge in [-0.05, 0) is 95.3 Å². The summed E-state index contributed by atoms with van der Waals surface area (Å²) in [5.41, 5.74) is -2.82. The van der Waals surface area contributed by atoms with Gasteiger partial charge in [-0.25, -0.2) is 38.4 Å². The second-order valence-corrected chi connectivity index (χ2v) is 35.2. The Hall–Kier alpha value is -5.80. The van der Waals surface area contributed by atoms with Crippen LogP contribution in [0.25, 0.3) is 0 Å². The molecule has 8 bridgehead atoms. The van der Waals surface area contributed by atoms with E-state index in [1.165, 1.54) is 6.92 Å². The van der Waals surface area contributed by atoms with Gasteiger partial charge in [0.2, 0.25) is 0 Å². The van der Waals surface area contributed by atoms with Gasteiger partial charge in [0.1, 0.15) is 55.9 Å². The van der Waals surface area contributed by atoms with Crippen molar-refractivity contribution in [3.8, 4) is 0 Å². The number of hydrogen-bond donors (Lipinski definition) is 0. The van der Waals surface area contributed by atoms with Crippen molar-refractivity contribution in [1.82, 2.24) is 0 Å². The molecule has 12 rings (SSSR count). The Morgan fingerprint density at radius 2 is 0.960 bits per heavy atom. The highest BCUT2D eigenvalue weighted by atomic mass is 32.2. The van der Waals surface area contributed by atoms with Crippen molar-refractivity contribution in [3.63, 3.8) is 0 Å². The van der Waals surface area contributed by atoms with Crippen molar-refractivity contribution in [3.05, 3.63) is 50.1 Å². The van der Waals surface area contributed by atoms with Gasteiger partial charge in [-0.3, -0.25) is 16.7 Å². The van der Waals surface area contributed by atoms with Gasteiger partial charge in [0.15, 0.2) is 26.4 Å². The zero-order chi connectivity index (χ0) is 73.7. The molecule has 560 valence electrons. The van der Waals surface area contributed by atoms with Crippen LogP contribution >= 0.6 is 0 Å². The monoisotopic (exact) mass is 1500 g/mol. The summed E-state index contributed by atoms with van der Waals surface area (Å²) < 4.78 is 179. The number of carbonyl (C=O) groups is 8. The van der Waals surface area contributed by atoms with Gasteiger partial charge in [-0.1, -0.05) is 54.0 Å². The molecular formula is C64H88O32S4. The maximum Gasteiger partial charge on any atom is 0.344 e. The molecule has 21 unspecified atom stereocenters. The molecule has 12 fully saturated rings. The van der Waals surface area contributed by atoms with Crippen LogP contribution in [0.3, 0.4) is 0 Å². The van der Waals surface area contributed by atoms with Gasteiger partial charge in [0, 0.05) is 52.9 Å². The molecule has 4 aliphatic heterocycles. The van der Waals surface area contributed by atoms with E-state index in [0.29, 0.717) is 25.7 Å². The normalized spacial score (nSPS) is 38.3. The summed E-state index contributed by atoms with van der Waals surface area (Å²) in [7, 11) is -14.1. The first-order chi connectivity index (χ1) is 46.7. The zero-order valence-electron chi connectivity index (χ0n) is 56.8. The van der Waals surface area contributed by atoms with Gasteiger partial charge >= 0.3 is 47.8 Å². The second-order valence-electron chi connectivity index (χ2n) is 28.1. The highest BCUT2D eigenvalue weighted by molar-refractivity contribution is 7.88. The summed E-state index contributed by atoms with van der Waals surface area (Å²) in [5, 5.41) is -1.71. The van der Waals surface area contributed by atoms with Gasteiger partial charge < -0.3 is 56.8 Å². The first kappa shape index (κ1) is 78.3. The minimum absolute atomic E-state index is 0.000239. The van der Waals surface area contributed by atoms with E-state index in [4.69, 9.17) is 54.6 Å². The first-order valence-electron chi connectivity index (χ1n) is 32.7. The number of ether oxygens (including phenoxy) is 12. The molecule has 100 heavy (non-hydrogen) atoms. The van der Waals surface area contributed by atoms with Crippen LogP contribution in [-0.2, 0) is 152 Å². The van der Waals surface area contributed by atoms with Crippen LogP contribution < -0.4 is 0 Å². The molecule has 4 heterocycles. The predicted molar refractivity (Wildman–Crippen MR) is 339 cm³/mol. The van der Waals surface area contributed by atoms with Crippen LogP contribution in [-0.4, -0.2) is 229 Å². The molecule has 8 aliphatic carbocycles. The number of esters is 8. The summed E-state index contributed by atoms with van der Waals surface area (Å²) in [4.78, 5) is 89.5. The summed E-state index contributed by atoms with van der Waals surface area (Å²) in [6, 6.07) is 0. The van der Waals surface area contributed by atoms with Gasteiger partial charge in [0.05, 0.1) is 65.2 Å². The van der Waals surface area contributed by atoms with E-state index in [9.17, 15) is 72.0 Å². The topological polar surface area (TPSA) is 421 Å².